The van der Waals surface area contributed by atoms with Crippen LogP contribution < -0.4 is 0 Å². The zero-order chi connectivity index (χ0) is 16.5. The molecule has 1 fully saturated rings. The van der Waals surface area contributed by atoms with E-state index in [1.807, 2.05) is 19.1 Å². The molecule has 4 nitrogen and oxygen atoms in total. The molecule has 3 aromatic rings. The first-order valence-electron chi connectivity index (χ1n) is 8.55. The molecule has 124 valence electrons. The summed E-state index contributed by atoms with van der Waals surface area (Å²) in [5, 5.41) is 12.2. The first kappa shape index (κ1) is 15.4. The van der Waals surface area contributed by atoms with E-state index in [1.54, 1.807) is 0 Å². The molecule has 0 aliphatic carbocycles. The molecule has 2 aromatic carbocycles. The highest BCUT2D eigenvalue weighted by molar-refractivity contribution is 5.86. The van der Waals surface area contributed by atoms with Gasteiger partial charge in [-0.15, -0.1) is 0 Å². The molecule has 24 heavy (non-hydrogen) atoms. The number of oxazole rings is 1. The summed E-state index contributed by atoms with van der Waals surface area (Å²) in [5.74, 6) is 1.53. The predicted molar refractivity (Wildman–Crippen MR) is 94.7 cm³/mol. The molecule has 1 aromatic heterocycles. The SMILES string of the molecule is Cc1oc(-c2ccc3ccccc3c2)nc1CN1CCC[C@@H](O)C1. The molecule has 1 N–H and O–H groups in total. The number of nitrogens with zero attached hydrogens (tertiary/aromatic N) is 2. The van der Waals surface area contributed by atoms with Gasteiger partial charge in [0.05, 0.1) is 11.8 Å². The monoisotopic (exact) mass is 322 g/mol. The van der Waals surface area contributed by atoms with Crippen molar-refractivity contribution in [3.63, 3.8) is 0 Å². The molecule has 4 heteroatoms. The Bertz CT molecular complexity index is 856. The topological polar surface area (TPSA) is 49.5 Å². The van der Waals surface area contributed by atoms with Crippen molar-refractivity contribution in [1.29, 1.82) is 0 Å². The van der Waals surface area contributed by atoms with E-state index in [0.29, 0.717) is 5.89 Å². The van der Waals surface area contributed by atoms with Gasteiger partial charge in [0.1, 0.15) is 5.76 Å². The first-order valence-corrected chi connectivity index (χ1v) is 8.55. The van der Waals surface area contributed by atoms with Gasteiger partial charge in [-0.2, -0.15) is 0 Å². The lowest BCUT2D eigenvalue weighted by molar-refractivity contribution is 0.0660. The van der Waals surface area contributed by atoms with Crippen LogP contribution in [0, 0.1) is 6.92 Å². The molecule has 0 bridgehead atoms. The Balaban J connectivity index is 1.59. The molecule has 0 radical (unpaired) electrons. The summed E-state index contributed by atoms with van der Waals surface area (Å²) in [6, 6.07) is 14.6. The molecule has 1 aliphatic heterocycles. The summed E-state index contributed by atoms with van der Waals surface area (Å²) < 4.78 is 5.92. The first-order chi connectivity index (χ1) is 11.7. The third-order valence-electron chi connectivity index (χ3n) is 4.74. The molecule has 0 spiro atoms. The van der Waals surface area contributed by atoms with Crippen molar-refractivity contribution < 1.29 is 9.52 Å². The van der Waals surface area contributed by atoms with Crippen molar-refractivity contribution in [2.45, 2.75) is 32.4 Å². The lowest BCUT2D eigenvalue weighted by Crippen LogP contribution is -2.37. The number of hydrogen-bond donors (Lipinski definition) is 1. The summed E-state index contributed by atoms with van der Waals surface area (Å²) in [4.78, 5) is 6.97. The van der Waals surface area contributed by atoms with Crippen molar-refractivity contribution in [1.82, 2.24) is 9.88 Å². The van der Waals surface area contributed by atoms with Crippen LogP contribution in [0.5, 0.6) is 0 Å². The van der Waals surface area contributed by atoms with Gasteiger partial charge in [-0.3, -0.25) is 4.90 Å². The number of likely N-dealkylation sites (tertiary alicyclic amines) is 1. The van der Waals surface area contributed by atoms with Crippen LogP contribution in [0.4, 0.5) is 0 Å². The Labute approximate surface area is 141 Å². The van der Waals surface area contributed by atoms with E-state index in [0.717, 1.165) is 49.5 Å². The van der Waals surface area contributed by atoms with Gasteiger partial charge in [-0.25, -0.2) is 4.98 Å². The number of aromatic nitrogens is 1. The Morgan fingerprint density at radius 2 is 2.04 bits per heavy atom. The van der Waals surface area contributed by atoms with E-state index in [4.69, 9.17) is 9.40 Å². The van der Waals surface area contributed by atoms with E-state index < -0.39 is 0 Å². The lowest BCUT2D eigenvalue weighted by atomic mass is 10.1. The number of fused-ring (bicyclic) bond motifs is 1. The van der Waals surface area contributed by atoms with Gasteiger partial charge < -0.3 is 9.52 Å². The van der Waals surface area contributed by atoms with E-state index in [1.165, 1.54) is 10.8 Å². The fraction of sp³-hybridized carbons (Fsp3) is 0.350. The van der Waals surface area contributed by atoms with Crippen molar-refractivity contribution in [3.05, 3.63) is 53.9 Å². The minimum atomic E-state index is -0.217. The number of aryl methyl sites for hydroxylation is 1. The number of benzene rings is 2. The highest BCUT2D eigenvalue weighted by Crippen LogP contribution is 2.26. The number of hydrogen-bond acceptors (Lipinski definition) is 4. The van der Waals surface area contributed by atoms with Crippen LogP contribution >= 0.6 is 0 Å². The van der Waals surface area contributed by atoms with Gasteiger partial charge in [0, 0.05) is 18.7 Å². The molecular weight excluding hydrogens is 300 g/mol. The van der Waals surface area contributed by atoms with Crippen molar-refractivity contribution >= 4 is 10.8 Å². The van der Waals surface area contributed by atoms with Gasteiger partial charge in [0.2, 0.25) is 5.89 Å². The predicted octanol–water partition coefficient (Wildman–Crippen LogP) is 3.76. The number of aliphatic hydroxyl groups excluding tert-OH is 1. The number of rotatable bonds is 3. The maximum atomic E-state index is 9.83. The number of β-amino-alcohol motifs (C(OH)–C–C–N with tert-alkyl or cyclic N) is 1. The summed E-state index contributed by atoms with van der Waals surface area (Å²) in [5.41, 5.74) is 1.97. The molecule has 1 aliphatic rings. The molecule has 4 rings (SSSR count). The van der Waals surface area contributed by atoms with Gasteiger partial charge in [0.15, 0.2) is 0 Å². The van der Waals surface area contributed by atoms with E-state index >= 15 is 0 Å². The van der Waals surface area contributed by atoms with Crippen molar-refractivity contribution in [3.8, 4) is 11.5 Å². The van der Waals surface area contributed by atoms with Crippen LogP contribution in [0.3, 0.4) is 0 Å². The highest BCUT2D eigenvalue weighted by Gasteiger charge is 2.20. The minimum Gasteiger partial charge on any atom is -0.441 e. The maximum Gasteiger partial charge on any atom is 0.226 e. The highest BCUT2D eigenvalue weighted by atomic mass is 16.4. The Hall–Kier alpha value is -2.17. The van der Waals surface area contributed by atoms with Crippen LogP contribution in [-0.2, 0) is 6.54 Å². The summed E-state index contributed by atoms with van der Waals surface area (Å²) in [6.45, 7) is 4.43. The van der Waals surface area contributed by atoms with E-state index in [2.05, 4.69) is 35.2 Å². The average Bonchev–Trinajstić information content (AvgIpc) is 2.95. The van der Waals surface area contributed by atoms with Crippen LogP contribution in [0.25, 0.3) is 22.2 Å². The normalized spacial score (nSPS) is 19.0. The summed E-state index contributed by atoms with van der Waals surface area (Å²) in [7, 11) is 0. The Kier molecular flexibility index (Phi) is 4.08. The van der Waals surface area contributed by atoms with Crippen molar-refractivity contribution in [2.75, 3.05) is 13.1 Å². The standard InChI is InChI=1S/C20H22N2O2/c1-14-19(13-22-10-4-7-18(23)12-22)21-20(24-14)17-9-8-15-5-2-3-6-16(15)11-17/h2-3,5-6,8-9,11,18,23H,4,7,10,12-13H2,1H3/t18-/m1/s1. The van der Waals surface area contributed by atoms with Gasteiger partial charge in [-0.1, -0.05) is 30.3 Å². The second-order valence-corrected chi connectivity index (χ2v) is 6.61. The van der Waals surface area contributed by atoms with Gasteiger partial charge in [-0.05, 0) is 49.2 Å². The fourth-order valence-corrected chi connectivity index (χ4v) is 3.41. The molecule has 0 amide bonds. The largest absolute Gasteiger partial charge is 0.441 e. The minimum absolute atomic E-state index is 0.217. The third kappa shape index (κ3) is 3.07. The molecule has 1 atom stereocenters. The molecule has 0 unspecified atom stereocenters. The fourth-order valence-electron chi connectivity index (χ4n) is 3.41. The number of aliphatic hydroxyl groups is 1. The van der Waals surface area contributed by atoms with Crippen LogP contribution in [0.1, 0.15) is 24.3 Å². The average molecular weight is 322 g/mol. The molecule has 2 heterocycles. The van der Waals surface area contributed by atoms with Crippen molar-refractivity contribution in [2.24, 2.45) is 0 Å². The lowest BCUT2D eigenvalue weighted by Gasteiger charge is -2.29. The zero-order valence-electron chi connectivity index (χ0n) is 13.9. The van der Waals surface area contributed by atoms with Crippen LogP contribution in [0.2, 0.25) is 0 Å². The summed E-state index contributed by atoms with van der Waals surface area (Å²) in [6.07, 6.45) is 1.72. The third-order valence-corrected chi connectivity index (χ3v) is 4.74. The summed E-state index contributed by atoms with van der Waals surface area (Å²) >= 11 is 0. The van der Waals surface area contributed by atoms with E-state index in [-0.39, 0.29) is 6.10 Å². The molecular formula is C20H22N2O2. The number of piperidine rings is 1. The van der Waals surface area contributed by atoms with Crippen LogP contribution in [0.15, 0.2) is 46.9 Å². The smallest absolute Gasteiger partial charge is 0.226 e. The van der Waals surface area contributed by atoms with Crippen LogP contribution in [-0.4, -0.2) is 34.2 Å². The zero-order valence-corrected chi connectivity index (χ0v) is 13.9. The second kappa shape index (κ2) is 6.38. The quantitative estimate of drug-likeness (QED) is 0.797. The maximum absolute atomic E-state index is 9.83. The molecule has 1 saturated heterocycles. The Morgan fingerprint density at radius 1 is 1.21 bits per heavy atom. The van der Waals surface area contributed by atoms with E-state index in [9.17, 15) is 5.11 Å². The van der Waals surface area contributed by atoms with Gasteiger partial charge in [0.25, 0.3) is 0 Å². The second-order valence-electron chi connectivity index (χ2n) is 6.61. The van der Waals surface area contributed by atoms with Gasteiger partial charge >= 0.3 is 0 Å². The molecule has 0 saturated carbocycles. The Morgan fingerprint density at radius 3 is 2.88 bits per heavy atom.